The number of aryl methyl sites for hydroxylation is 1. The fourth-order valence-electron chi connectivity index (χ4n) is 3.37. The Kier molecular flexibility index (Phi) is 5.75. The lowest BCUT2D eigenvalue weighted by Crippen LogP contribution is -2.21. The molecule has 0 radical (unpaired) electrons. The monoisotopic (exact) mass is 413 g/mol. The second kappa shape index (κ2) is 8.79. The number of furan rings is 1. The summed E-state index contributed by atoms with van der Waals surface area (Å²) in [6.45, 7) is 6.17. The van der Waals surface area contributed by atoms with E-state index in [0.717, 1.165) is 22.4 Å². The van der Waals surface area contributed by atoms with Crippen LogP contribution in [0.25, 0.3) is 23.2 Å². The van der Waals surface area contributed by atoms with Gasteiger partial charge < -0.3 is 9.73 Å². The standard InChI is InChI=1S/C24H23N5O2/c1-16(2)20-13-7-9-17(3)22(20)25-24(30)21(15-19-12-8-14-31-19)29-23(26-27-28-29)18-10-5-4-6-11-18/h4-16H,1-3H3,(H,25,30)/b21-15-. The van der Waals surface area contributed by atoms with Crippen LogP contribution in [0.3, 0.4) is 0 Å². The maximum Gasteiger partial charge on any atom is 0.274 e. The molecule has 0 aliphatic carbocycles. The SMILES string of the molecule is Cc1cccc(C(C)C)c1NC(=O)/C(=C/c1ccco1)n1nnnc1-c1ccccc1. The van der Waals surface area contributed by atoms with Crippen LogP contribution in [0.2, 0.25) is 0 Å². The number of anilines is 1. The van der Waals surface area contributed by atoms with Crippen molar-refractivity contribution in [2.45, 2.75) is 26.7 Å². The predicted octanol–water partition coefficient (Wildman–Crippen LogP) is 5.00. The zero-order valence-electron chi connectivity index (χ0n) is 17.6. The number of rotatable bonds is 6. The number of aromatic nitrogens is 4. The zero-order chi connectivity index (χ0) is 21.8. The summed E-state index contributed by atoms with van der Waals surface area (Å²) in [7, 11) is 0. The Morgan fingerprint density at radius 2 is 1.87 bits per heavy atom. The number of carbonyl (C=O) groups is 1. The van der Waals surface area contributed by atoms with E-state index in [9.17, 15) is 4.79 Å². The first kappa shape index (κ1) is 20.3. The number of benzene rings is 2. The van der Waals surface area contributed by atoms with Crippen molar-refractivity contribution in [1.82, 2.24) is 20.2 Å². The number of nitrogens with one attached hydrogen (secondary N) is 1. The van der Waals surface area contributed by atoms with Gasteiger partial charge in [-0.1, -0.05) is 62.4 Å². The van der Waals surface area contributed by atoms with E-state index in [1.807, 2.05) is 55.5 Å². The lowest BCUT2D eigenvalue weighted by atomic mass is 9.98. The summed E-state index contributed by atoms with van der Waals surface area (Å²) < 4.78 is 6.89. The molecule has 0 aliphatic heterocycles. The van der Waals surface area contributed by atoms with Gasteiger partial charge in [-0.15, -0.1) is 5.10 Å². The topological polar surface area (TPSA) is 85.8 Å². The van der Waals surface area contributed by atoms with Crippen LogP contribution in [-0.2, 0) is 4.79 Å². The van der Waals surface area contributed by atoms with Gasteiger partial charge in [0.2, 0.25) is 0 Å². The lowest BCUT2D eigenvalue weighted by molar-refractivity contribution is -0.111. The fraction of sp³-hybridized carbons (Fsp3) is 0.167. The number of carbonyl (C=O) groups excluding carboxylic acids is 1. The second-order valence-corrected chi connectivity index (χ2v) is 7.47. The Bertz CT molecular complexity index is 1210. The first-order valence-electron chi connectivity index (χ1n) is 10.0. The van der Waals surface area contributed by atoms with Crippen LogP contribution >= 0.6 is 0 Å². The zero-order valence-corrected chi connectivity index (χ0v) is 17.6. The number of hydrogen-bond acceptors (Lipinski definition) is 5. The Labute approximate surface area is 180 Å². The van der Waals surface area contributed by atoms with Crippen molar-refractivity contribution in [2.75, 3.05) is 5.32 Å². The third kappa shape index (κ3) is 4.30. The third-order valence-electron chi connectivity index (χ3n) is 4.95. The summed E-state index contributed by atoms with van der Waals surface area (Å²) in [6, 6.07) is 19.0. The second-order valence-electron chi connectivity index (χ2n) is 7.47. The Morgan fingerprint density at radius 1 is 1.06 bits per heavy atom. The number of hydrogen-bond donors (Lipinski definition) is 1. The van der Waals surface area contributed by atoms with E-state index in [0.29, 0.717) is 11.6 Å². The molecular weight excluding hydrogens is 390 g/mol. The van der Waals surface area contributed by atoms with Gasteiger partial charge in [0.1, 0.15) is 11.5 Å². The molecule has 4 rings (SSSR count). The molecule has 1 amide bonds. The van der Waals surface area contributed by atoms with Crippen LogP contribution in [0.5, 0.6) is 0 Å². The van der Waals surface area contributed by atoms with Crippen molar-refractivity contribution >= 4 is 23.4 Å². The van der Waals surface area contributed by atoms with Crippen molar-refractivity contribution in [1.29, 1.82) is 0 Å². The summed E-state index contributed by atoms with van der Waals surface area (Å²) in [4.78, 5) is 13.5. The van der Waals surface area contributed by atoms with Crippen LogP contribution in [-0.4, -0.2) is 26.1 Å². The van der Waals surface area contributed by atoms with Gasteiger partial charge in [0.25, 0.3) is 5.91 Å². The molecule has 156 valence electrons. The van der Waals surface area contributed by atoms with E-state index >= 15 is 0 Å². The Morgan fingerprint density at radius 3 is 2.58 bits per heavy atom. The first-order chi connectivity index (χ1) is 15.0. The van der Waals surface area contributed by atoms with E-state index in [-0.39, 0.29) is 17.5 Å². The molecule has 2 aromatic heterocycles. The summed E-state index contributed by atoms with van der Waals surface area (Å²) in [6.07, 6.45) is 3.18. The van der Waals surface area contributed by atoms with E-state index in [4.69, 9.17) is 4.42 Å². The van der Waals surface area contributed by atoms with E-state index < -0.39 is 0 Å². The highest BCUT2D eigenvalue weighted by Gasteiger charge is 2.21. The predicted molar refractivity (Wildman–Crippen MR) is 120 cm³/mol. The molecule has 4 aromatic rings. The molecule has 2 heterocycles. The largest absolute Gasteiger partial charge is 0.465 e. The van der Waals surface area contributed by atoms with E-state index in [1.165, 1.54) is 4.68 Å². The van der Waals surface area contributed by atoms with Gasteiger partial charge in [-0.05, 0) is 46.5 Å². The number of tetrazole rings is 1. The summed E-state index contributed by atoms with van der Waals surface area (Å²) in [5.74, 6) is 0.897. The maximum absolute atomic E-state index is 13.5. The summed E-state index contributed by atoms with van der Waals surface area (Å²) >= 11 is 0. The van der Waals surface area contributed by atoms with E-state index in [2.05, 4.69) is 34.7 Å². The molecule has 0 saturated carbocycles. The first-order valence-corrected chi connectivity index (χ1v) is 10.0. The van der Waals surface area contributed by atoms with Crippen molar-refractivity contribution in [3.8, 4) is 11.4 Å². The van der Waals surface area contributed by atoms with Crippen molar-refractivity contribution in [2.24, 2.45) is 0 Å². The molecule has 31 heavy (non-hydrogen) atoms. The minimum atomic E-state index is -0.336. The van der Waals surface area contributed by atoms with Crippen LogP contribution in [0.15, 0.2) is 71.3 Å². The summed E-state index contributed by atoms with van der Waals surface area (Å²) in [5.41, 5.74) is 3.88. The number of amides is 1. The quantitative estimate of drug-likeness (QED) is 0.450. The molecule has 0 bridgehead atoms. The molecule has 2 aromatic carbocycles. The molecular formula is C24H23N5O2. The molecule has 0 spiro atoms. The molecule has 0 aliphatic rings. The van der Waals surface area contributed by atoms with Crippen molar-refractivity contribution in [3.05, 3.63) is 83.8 Å². The Balaban J connectivity index is 1.79. The van der Waals surface area contributed by atoms with Gasteiger partial charge in [0.05, 0.1) is 6.26 Å². The minimum Gasteiger partial charge on any atom is -0.465 e. The highest BCUT2D eigenvalue weighted by Crippen LogP contribution is 2.29. The van der Waals surface area contributed by atoms with Crippen LogP contribution < -0.4 is 5.32 Å². The van der Waals surface area contributed by atoms with Gasteiger partial charge in [-0.25, -0.2) is 0 Å². The Hall–Kier alpha value is -4.00. The summed E-state index contributed by atoms with van der Waals surface area (Å²) in [5, 5.41) is 15.1. The number of para-hydroxylation sites is 1. The van der Waals surface area contributed by atoms with Crippen LogP contribution in [0.4, 0.5) is 5.69 Å². The fourth-order valence-corrected chi connectivity index (χ4v) is 3.37. The van der Waals surface area contributed by atoms with Gasteiger partial charge in [-0.3, -0.25) is 4.79 Å². The van der Waals surface area contributed by atoms with E-state index in [1.54, 1.807) is 24.5 Å². The average Bonchev–Trinajstić information content (AvgIpc) is 3.45. The third-order valence-corrected chi connectivity index (χ3v) is 4.95. The van der Waals surface area contributed by atoms with Crippen molar-refractivity contribution < 1.29 is 9.21 Å². The normalized spacial score (nSPS) is 11.7. The lowest BCUT2D eigenvalue weighted by Gasteiger charge is -2.17. The molecule has 0 atom stereocenters. The molecule has 7 heteroatoms. The van der Waals surface area contributed by atoms with Gasteiger partial charge in [0.15, 0.2) is 5.82 Å². The molecule has 0 fully saturated rings. The minimum absolute atomic E-state index is 0.247. The smallest absolute Gasteiger partial charge is 0.274 e. The van der Waals surface area contributed by atoms with Crippen LogP contribution in [0, 0.1) is 6.92 Å². The number of nitrogens with zero attached hydrogens (tertiary/aromatic N) is 4. The van der Waals surface area contributed by atoms with Crippen molar-refractivity contribution in [3.63, 3.8) is 0 Å². The average molecular weight is 413 g/mol. The van der Waals surface area contributed by atoms with Crippen LogP contribution in [0.1, 0.15) is 36.7 Å². The molecule has 1 N–H and O–H groups in total. The molecule has 0 unspecified atom stereocenters. The highest BCUT2D eigenvalue weighted by molar-refractivity contribution is 6.24. The van der Waals surface area contributed by atoms with Gasteiger partial charge in [0, 0.05) is 17.3 Å². The maximum atomic E-state index is 13.5. The molecule has 0 saturated heterocycles. The van der Waals surface area contributed by atoms with Gasteiger partial charge >= 0.3 is 0 Å². The van der Waals surface area contributed by atoms with Gasteiger partial charge in [-0.2, -0.15) is 4.68 Å². The highest BCUT2D eigenvalue weighted by atomic mass is 16.3. The molecule has 7 nitrogen and oxygen atoms in total.